The van der Waals surface area contributed by atoms with Crippen molar-refractivity contribution in [3.05, 3.63) is 29.8 Å². The summed E-state index contributed by atoms with van der Waals surface area (Å²) in [6.45, 7) is 5.71. The Labute approximate surface area is 96.5 Å². The Morgan fingerprint density at radius 2 is 2.06 bits per heavy atom. The molecule has 0 unspecified atom stereocenters. The van der Waals surface area contributed by atoms with E-state index in [-0.39, 0.29) is 5.91 Å². The Kier molecular flexibility index (Phi) is 4.50. The summed E-state index contributed by atoms with van der Waals surface area (Å²) in [4.78, 5) is 11.5. The molecule has 0 bridgehead atoms. The molecule has 0 saturated heterocycles. The van der Waals surface area contributed by atoms with Gasteiger partial charge in [0.1, 0.15) is 0 Å². The molecule has 1 atom stereocenters. The third-order valence-corrected chi connectivity index (χ3v) is 2.25. The van der Waals surface area contributed by atoms with Gasteiger partial charge >= 0.3 is 0 Å². The van der Waals surface area contributed by atoms with Crippen molar-refractivity contribution in [2.45, 2.75) is 33.3 Å². The summed E-state index contributed by atoms with van der Waals surface area (Å²) < 4.78 is 0. The van der Waals surface area contributed by atoms with Crippen molar-refractivity contribution in [3.8, 4) is 0 Å². The van der Waals surface area contributed by atoms with Crippen LogP contribution in [-0.2, 0) is 4.79 Å². The molecule has 1 aromatic rings. The molecule has 0 aliphatic carbocycles. The minimum Gasteiger partial charge on any atom is -0.389 e. The van der Waals surface area contributed by atoms with E-state index in [4.69, 9.17) is 0 Å². The van der Waals surface area contributed by atoms with Gasteiger partial charge in [-0.1, -0.05) is 26.0 Å². The summed E-state index contributed by atoms with van der Waals surface area (Å²) in [5.41, 5.74) is 1.55. The van der Waals surface area contributed by atoms with Gasteiger partial charge in [-0.15, -0.1) is 0 Å². The molecule has 3 nitrogen and oxygen atoms in total. The molecule has 1 amide bonds. The van der Waals surface area contributed by atoms with Crippen molar-refractivity contribution in [1.29, 1.82) is 0 Å². The maximum Gasteiger partial charge on any atom is 0.224 e. The molecule has 0 spiro atoms. The predicted octanol–water partition coefficient (Wildman–Crippen LogP) is 2.72. The van der Waals surface area contributed by atoms with Gasteiger partial charge in [0.05, 0.1) is 6.10 Å². The normalized spacial score (nSPS) is 12.6. The van der Waals surface area contributed by atoms with Gasteiger partial charge in [0.2, 0.25) is 5.91 Å². The third kappa shape index (κ3) is 4.03. The Morgan fingerprint density at radius 1 is 1.38 bits per heavy atom. The number of amides is 1. The lowest BCUT2D eigenvalue weighted by Gasteiger charge is -2.10. The quantitative estimate of drug-likeness (QED) is 0.821. The van der Waals surface area contributed by atoms with Gasteiger partial charge in [-0.25, -0.2) is 0 Å². The highest BCUT2D eigenvalue weighted by Gasteiger charge is 2.06. The van der Waals surface area contributed by atoms with E-state index in [9.17, 15) is 9.90 Å². The number of rotatable bonds is 4. The lowest BCUT2D eigenvalue weighted by molar-refractivity contribution is -0.116. The molecule has 1 aromatic carbocycles. The molecular weight excluding hydrogens is 202 g/mol. The molecule has 2 N–H and O–H groups in total. The van der Waals surface area contributed by atoms with Crippen molar-refractivity contribution in [1.82, 2.24) is 0 Å². The van der Waals surface area contributed by atoms with E-state index >= 15 is 0 Å². The van der Waals surface area contributed by atoms with Crippen LogP contribution in [0.2, 0.25) is 0 Å². The van der Waals surface area contributed by atoms with Crippen LogP contribution in [0.4, 0.5) is 5.69 Å². The zero-order valence-electron chi connectivity index (χ0n) is 10.0. The minimum absolute atomic E-state index is 0.0118. The lowest BCUT2D eigenvalue weighted by atomic mass is 10.1. The fraction of sp³-hybridized carbons (Fsp3) is 0.462. The van der Waals surface area contributed by atoms with Crippen LogP contribution < -0.4 is 5.32 Å². The lowest BCUT2D eigenvalue weighted by Crippen LogP contribution is -2.13. The molecule has 0 fully saturated rings. The Bertz CT molecular complexity index is 359. The first kappa shape index (κ1) is 12.7. The molecule has 0 aliphatic heterocycles. The van der Waals surface area contributed by atoms with Gasteiger partial charge in [0, 0.05) is 12.1 Å². The number of carbonyl (C=O) groups is 1. The van der Waals surface area contributed by atoms with E-state index in [1.165, 1.54) is 0 Å². The molecular formula is C13H19NO2. The molecule has 0 aliphatic rings. The summed E-state index contributed by atoms with van der Waals surface area (Å²) in [5.74, 6) is 0.359. The zero-order valence-corrected chi connectivity index (χ0v) is 10.0. The monoisotopic (exact) mass is 221 g/mol. The van der Waals surface area contributed by atoms with Crippen molar-refractivity contribution >= 4 is 11.6 Å². The largest absolute Gasteiger partial charge is 0.389 e. The Hall–Kier alpha value is -1.35. The predicted molar refractivity (Wildman–Crippen MR) is 65.2 cm³/mol. The van der Waals surface area contributed by atoms with Crippen LogP contribution in [0.1, 0.15) is 38.9 Å². The van der Waals surface area contributed by atoms with Gasteiger partial charge in [0.25, 0.3) is 0 Å². The average Bonchev–Trinajstić information content (AvgIpc) is 2.16. The molecule has 0 heterocycles. The van der Waals surface area contributed by atoms with Crippen LogP contribution in [-0.4, -0.2) is 11.0 Å². The van der Waals surface area contributed by atoms with Crippen molar-refractivity contribution in [2.24, 2.45) is 5.92 Å². The van der Waals surface area contributed by atoms with Gasteiger partial charge in [0.15, 0.2) is 0 Å². The first-order valence-corrected chi connectivity index (χ1v) is 5.57. The Balaban J connectivity index is 2.67. The number of hydrogen-bond acceptors (Lipinski definition) is 2. The topological polar surface area (TPSA) is 49.3 Å². The highest BCUT2D eigenvalue weighted by atomic mass is 16.3. The SMILES string of the molecule is CC(C)CC(=O)Nc1cccc([C@H](C)O)c1. The van der Waals surface area contributed by atoms with E-state index < -0.39 is 6.10 Å². The fourth-order valence-electron chi connectivity index (χ4n) is 1.46. The number of hydrogen-bond donors (Lipinski definition) is 2. The van der Waals surface area contributed by atoms with E-state index in [0.717, 1.165) is 11.3 Å². The molecule has 16 heavy (non-hydrogen) atoms. The minimum atomic E-state index is -0.512. The zero-order chi connectivity index (χ0) is 12.1. The standard InChI is InChI=1S/C13H19NO2/c1-9(2)7-13(16)14-12-6-4-5-11(8-12)10(3)15/h4-6,8-10,15H,7H2,1-3H3,(H,14,16)/t10-/m0/s1. The van der Waals surface area contributed by atoms with Crippen molar-refractivity contribution in [2.75, 3.05) is 5.32 Å². The Morgan fingerprint density at radius 3 is 2.62 bits per heavy atom. The first-order valence-electron chi connectivity index (χ1n) is 5.57. The third-order valence-electron chi connectivity index (χ3n) is 2.25. The average molecular weight is 221 g/mol. The van der Waals surface area contributed by atoms with Gasteiger partial charge in [-0.05, 0) is 30.5 Å². The smallest absolute Gasteiger partial charge is 0.224 e. The number of carbonyl (C=O) groups excluding carboxylic acids is 1. The molecule has 0 aromatic heterocycles. The number of nitrogens with one attached hydrogen (secondary N) is 1. The molecule has 0 saturated carbocycles. The van der Waals surface area contributed by atoms with Crippen LogP contribution in [0.25, 0.3) is 0 Å². The summed E-state index contributed by atoms with van der Waals surface area (Å²) >= 11 is 0. The second kappa shape index (κ2) is 5.66. The maximum atomic E-state index is 11.5. The van der Waals surface area contributed by atoms with Crippen LogP contribution in [0.3, 0.4) is 0 Å². The second-order valence-electron chi connectivity index (χ2n) is 4.45. The number of anilines is 1. The molecule has 1 rings (SSSR count). The first-order chi connectivity index (χ1) is 7.49. The van der Waals surface area contributed by atoms with E-state index in [1.54, 1.807) is 13.0 Å². The van der Waals surface area contributed by atoms with Gasteiger partial charge < -0.3 is 10.4 Å². The van der Waals surface area contributed by atoms with Crippen molar-refractivity contribution < 1.29 is 9.90 Å². The fourth-order valence-corrected chi connectivity index (χ4v) is 1.46. The van der Waals surface area contributed by atoms with Crippen LogP contribution in [0, 0.1) is 5.92 Å². The number of aliphatic hydroxyl groups excluding tert-OH is 1. The summed E-state index contributed by atoms with van der Waals surface area (Å²) in [6.07, 6.45) is 0.000721. The maximum absolute atomic E-state index is 11.5. The molecule has 88 valence electrons. The van der Waals surface area contributed by atoms with Gasteiger partial charge in [-0.3, -0.25) is 4.79 Å². The summed E-state index contributed by atoms with van der Waals surface area (Å²) in [5, 5.41) is 12.2. The molecule has 0 radical (unpaired) electrons. The molecule has 3 heteroatoms. The van der Waals surface area contributed by atoms with Gasteiger partial charge in [-0.2, -0.15) is 0 Å². The van der Waals surface area contributed by atoms with E-state index in [1.807, 2.05) is 32.0 Å². The summed E-state index contributed by atoms with van der Waals surface area (Å²) in [7, 11) is 0. The second-order valence-corrected chi connectivity index (χ2v) is 4.45. The highest BCUT2D eigenvalue weighted by molar-refractivity contribution is 5.90. The van der Waals surface area contributed by atoms with E-state index in [0.29, 0.717) is 12.3 Å². The van der Waals surface area contributed by atoms with Crippen LogP contribution >= 0.6 is 0 Å². The highest BCUT2D eigenvalue weighted by Crippen LogP contribution is 2.17. The van der Waals surface area contributed by atoms with Crippen LogP contribution in [0.5, 0.6) is 0 Å². The number of benzene rings is 1. The van der Waals surface area contributed by atoms with Crippen molar-refractivity contribution in [3.63, 3.8) is 0 Å². The number of aliphatic hydroxyl groups is 1. The van der Waals surface area contributed by atoms with E-state index in [2.05, 4.69) is 5.32 Å². The summed E-state index contributed by atoms with van der Waals surface area (Å²) in [6, 6.07) is 7.28. The van der Waals surface area contributed by atoms with Crippen LogP contribution in [0.15, 0.2) is 24.3 Å².